The summed E-state index contributed by atoms with van der Waals surface area (Å²) in [6.45, 7) is 6.44. The maximum absolute atomic E-state index is 5.01. The molecule has 0 aromatic rings. The second kappa shape index (κ2) is 3.84. The quantitative estimate of drug-likeness (QED) is 0.303. The molecule has 0 heterocycles. The van der Waals surface area contributed by atoms with E-state index in [4.69, 9.17) is 5.84 Å². The van der Waals surface area contributed by atoms with Crippen molar-refractivity contribution in [2.24, 2.45) is 11.8 Å². The lowest BCUT2D eigenvalue weighted by Crippen LogP contribution is -2.26. The molecule has 3 N–H and O–H groups in total. The van der Waals surface area contributed by atoms with E-state index < -0.39 is 0 Å². The first kappa shape index (κ1) is 6.66. The first-order chi connectivity index (χ1) is 3.31. The summed E-state index contributed by atoms with van der Waals surface area (Å²) in [7, 11) is 0. The Morgan fingerprint density at radius 3 is 2.71 bits per heavy atom. The standard InChI is InChI=1S/C5H12N2/c1-3-5(2)4-7-6/h3,5,7H,1,4,6H2,2H3. The topological polar surface area (TPSA) is 38.0 Å². The van der Waals surface area contributed by atoms with Gasteiger partial charge in [0.1, 0.15) is 0 Å². The Morgan fingerprint density at radius 2 is 2.57 bits per heavy atom. The monoisotopic (exact) mass is 100 g/mol. The van der Waals surface area contributed by atoms with E-state index in [1.54, 1.807) is 0 Å². The van der Waals surface area contributed by atoms with Gasteiger partial charge in [-0.05, 0) is 5.92 Å². The van der Waals surface area contributed by atoms with E-state index in [0.29, 0.717) is 5.92 Å². The van der Waals surface area contributed by atoms with Crippen LogP contribution in [0.25, 0.3) is 0 Å². The van der Waals surface area contributed by atoms with Crippen LogP contribution in [-0.4, -0.2) is 6.54 Å². The number of rotatable bonds is 3. The van der Waals surface area contributed by atoms with E-state index in [1.165, 1.54) is 0 Å². The van der Waals surface area contributed by atoms with Crippen molar-refractivity contribution in [3.63, 3.8) is 0 Å². The van der Waals surface area contributed by atoms with E-state index in [9.17, 15) is 0 Å². The molecule has 0 saturated heterocycles. The van der Waals surface area contributed by atoms with Gasteiger partial charge in [0.2, 0.25) is 0 Å². The molecule has 0 radical (unpaired) electrons. The van der Waals surface area contributed by atoms with Crippen molar-refractivity contribution in [3.8, 4) is 0 Å². The zero-order chi connectivity index (χ0) is 5.70. The molecule has 2 heteroatoms. The van der Waals surface area contributed by atoms with E-state index in [2.05, 4.69) is 12.0 Å². The summed E-state index contributed by atoms with van der Waals surface area (Å²) in [4.78, 5) is 0. The molecule has 0 bridgehead atoms. The van der Waals surface area contributed by atoms with Crippen molar-refractivity contribution in [2.75, 3.05) is 6.54 Å². The van der Waals surface area contributed by atoms with Crippen LogP contribution in [-0.2, 0) is 0 Å². The van der Waals surface area contributed by atoms with Gasteiger partial charge in [-0.25, -0.2) is 0 Å². The van der Waals surface area contributed by atoms with Crippen LogP contribution < -0.4 is 11.3 Å². The van der Waals surface area contributed by atoms with Gasteiger partial charge < -0.3 is 0 Å². The molecule has 0 aliphatic heterocycles. The molecule has 1 unspecified atom stereocenters. The first-order valence-corrected chi connectivity index (χ1v) is 2.37. The van der Waals surface area contributed by atoms with Gasteiger partial charge >= 0.3 is 0 Å². The minimum absolute atomic E-state index is 0.477. The van der Waals surface area contributed by atoms with Gasteiger partial charge in [0.15, 0.2) is 0 Å². The number of hydrogen-bond acceptors (Lipinski definition) is 2. The predicted octanol–water partition coefficient (Wildman–Crippen LogP) is 0.272. The zero-order valence-electron chi connectivity index (χ0n) is 4.65. The molecule has 0 spiro atoms. The summed E-state index contributed by atoms with van der Waals surface area (Å²) in [5.41, 5.74) is 2.55. The molecule has 0 fully saturated rings. The summed E-state index contributed by atoms with van der Waals surface area (Å²) in [5, 5.41) is 0. The van der Waals surface area contributed by atoms with Crippen LogP contribution in [0, 0.1) is 5.92 Å². The zero-order valence-corrected chi connectivity index (χ0v) is 4.65. The Bertz CT molecular complexity index is 52.0. The lowest BCUT2D eigenvalue weighted by atomic mass is 10.2. The number of hydrogen-bond donors (Lipinski definition) is 2. The summed E-state index contributed by atoms with van der Waals surface area (Å²) in [6.07, 6.45) is 1.86. The fourth-order valence-corrected chi connectivity index (χ4v) is 0.269. The van der Waals surface area contributed by atoms with Crippen molar-refractivity contribution in [2.45, 2.75) is 6.92 Å². The molecule has 0 aromatic carbocycles. The molecular weight excluding hydrogens is 88.1 g/mol. The highest BCUT2D eigenvalue weighted by Crippen LogP contribution is 1.88. The van der Waals surface area contributed by atoms with Crippen LogP contribution in [0.1, 0.15) is 6.92 Å². The number of nitrogens with two attached hydrogens (primary N) is 1. The normalized spacial score (nSPS) is 13.4. The van der Waals surface area contributed by atoms with Gasteiger partial charge in [0, 0.05) is 6.54 Å². The van der Waals surface area contributed by atoms with Crippen LogP contribution in [0.2, 0.25) is 0 Å². The maximum atomic E-state index is 5.01. The largest absolute Gasteiger partial charge is 0.271 e. The molecule has 42 valence electrons. The Labute approximate surface area is 44.4 Å². The molecule has 0 aliphatic carbocycles. The summed E-state index contributed by atoms with van der Waals surface area (Å²) < 4.78 is 0. The lowest BCUT2D eigenvalue weighted by Gasteiger charge is -2.00. The third-order valence-electron chi connectivity index (χ3n) is 0.842. The molecule has 0 aliphatic rings. The number of hydrazine groups is 1. The summed E-state index contributed by atoms with van der Waals surface area (Å²) in [6, 6.07) is 0. The highest BCUT2D eigenvalue weighted by molar-refractivity contribution is 4.75. The highest BCUT2D eigenvalue weighted by Gasteiger charge is 1.88. The van der Waals surface area contributed by atoms with Crippen LogP contribution in [0.5, 0.6) is 0 Å². The van der Waals surface area contributed by atoms with Crippen molar-refractivity contribution in [1.82, 2.24) is 5.43 Å². The second-order valence-electron chi connectivity index (χ2n) is 1.62. The lowest BCUT2D eigenvalue weighted by molar-refractivity contribution is 0.616. The van der Waals surface area contributed by atoms with E-state index in [-0.39, 0.29) is 0 Å². The second-order valence-corrected chi connectivity index (χ2v) is 1.62. The van der Waals surface area contributed by atoms with Gasteiger partial charge in [-0.1, -0.05) is 13.0 Å². The van der Waals surface area contributed by atoms with Crippen LogP contribution in [0.15, 0.2) is 12.7 Å². The third kappa shape index (κ3) is 3.49. The van der Waals surface area contributed by atoms with Crippen LogP contribution in [0.4, 0.5) is 0 Å². The maximum Gasteiger partial charge on any atom is 0.0158 e. The Hall–Kier alpha value is -0.340. The van der Waals surface area contributed by atoms with Gasteiger partial charge in [0.25, 0.3) is 0 Å². The molecule has 0 saturated carbocycles. The molecule has 1 atom stereocenters. The molecule has 0 aromatic heterocycles. The molecule has 0 rings (SSSR count). The highest BCUT2D eigenvalue weighted by atomic mass is 15.2. The smallest absolute Gasteiger partial charge is 0.0158 e. The average molecular weight is 100 g/mol. The summed E-state index contributed by atoms with van der Waals surface area (Å²) in [5.74, 6) is 5.48. The van der Waals surface area contributed by atoms with Gasteiger partial charge in [-0.15, -0.1) is 6.58 Å². The average Bonchev–Trinajstić information content (AvgIpc) is 1.68. The van der Waals surface area contributed by atoms with Crippen molar-refractivity contribution in [3.05, 3.63) is 12.7 Å². The van der Waals surface area contributed by atoms with Crippen molar-refractivity contribution < 1.29 is 0 Å². The van der Waals surface area contributed by atoms with Crippen molar-refractivity contribution in [1.29, 1.82) is 0 Å². The fraction of sp³-hybridized carbons (Fsp3) is 0.600. The number of nitrogens with one attached hydrogen (secondary N) is 1. The predicted molar refractivity (Wildman–Crippen MR) is 31.6 cm³/mol. The van der Waals surface area contributed by atoms with Crippen LogP contribution >= 0.6 is 0 Å². The Balaban J connectivity index is 2.98. The summed E-state index contributed by atoms with van der Waals surface area (Å²) >= 11 is 0. The Morgan fingerprint density at radius 1 is 2.00 bits per heavy atom. The van der Waals surface area contributed by atoms with Crippen LogP contribution in [0.3, 0.4) is 0 Å². The molecule has 2 nitrogen and oxygen atoms in total. The first-order valence-electron chi connectivity index (χ1n) is 2.37. The van der Waals surface area contributed by atoms with Gasteiger partial charge in [0.05, 0.1) is 0 Å². The third-order valence-corrected chi connectivity index (χ3v) is 0.842. The molecule has 0 amide bonds. The SMILES string of the molecule is C=CC(C)CNN. The van der Waals surface area contributed by atoms with E-state index in [0.717, 1.165) is 6.54 Å². The van der Waals surface area contributed by atoms with E-state index >= 15 is 0 Å². The molecular formula is C5H12N2. The van der Waals surface area contributed by atoms with Gasteiger partial charge in [-0.2, -0.15) is 0 Å². The van der Waals surface area contributed by atoms with Gasteiger partial charge in [-0.3, -0.25) is 11.3 Å². The Kier molecular flexibility index (Phi) is 3.65. The van der Waals surface area contributed by atoms with Crippen molar-refractivity contribution >= 4 is 0 Å². The fourth-order valence-electron chi connectivity index (χ4n) is 0.269. The molecule has 7 heavy (non-hydrogen) atoms. The minimum Gasteiger partial charge on any atom is -0.271 e. The minimum atomic E-state index is 0.477. The van der Waals surface area contributed by atoms with E-state index in [1.807, 2.05) is 13.0 Å².